The Bertz CT molecular complexity index is 781. The zero-order valence-corrected chi connectivity index (χ0v) is 14.8. The van der Waals surface area contributed by atoms with E-state index in [4.69, 9.17) is 15.2 Å². The molecule has 0 aliphatic carbocycles. The van der Waals surface area contributed by atoms with Crippen molar-refractivity contribution in [1.29, 1.82) is 0 Å². The van der Waals surface area contributed by atoms with Crippen molar-refractivity contribution in [2.45, 2.75) is 32.7 Å². The molecule has 2 rings (SSSR count). The number of hydrogen-bond donors (Lipinski definition) is 3. The minimum atomic E-state index is -1.46. The number of fused-ring (bicyclic) bond motifs is 1. The lowest BCUT2D eigenvalue weighted by atomic mass is 10.1. The van der Waals surface area contributed by atoms with Gasteiger partial charge in [-0.2, -0.15) is 0 Å². The zero-order valence-electron chi connectivity index (χ0n) is 14.8. The monoisotopic (exact) mass is 361 g/mol. The Morgan fingerprint density at radius 3 is 2.42 bits per heavy atom. The molecule has 0 aliphatic rings. The third-order valence-corrected chi connectivity index (χ3v) is 3.80. The first-order valence-corrected chi connectivity index (χ1v) is 8.45. The highest BCUT2D eigenvalue weighted by Crippen LogP contribution is 2.24. The third-order valence-electron chi connectivity index (χ3n) is 3.80. The first kappa shape index (κ1) is 19.3. The normalized spacial score (nSPS) is 10.7. The molecule has 0 atom stereocenters. The van der Waals surface area contributed by atoms with Gasteiger partial charge >= 0.3 is 11.9 Å². The minimum absolute atomic E-state index is 0.0943. The first-order chi connectivity index (χ1) is 12.5. The fourth-order valence-electron chi connectivity index (χ4n) is 2.59. The summed E-state index contributed by atoms with van der Waals surface area (Å²) in [6.07, 6.45) is 2.31. The second-order valence-electron chi connectivity index (χ2n) is 5.59. The van der Waals surface area contributed by atoms with Crippen LogP contribution in [-0.2, 0) is 30.3 Å². The van der Waals surface area contributed by atoms with E-state index in [2.05, 4.69) is 10.3 Å². The number of aryl methyl sites for hydroxylation is 1. The molecule has 1 amide bonds. The van der Waals surface area contributed by atoms with Gasteiger partial charge in [-0.1, -0.05) is 12.1 Å². The summed E-state index contributed by atoms with van der Waals surface area (Å²) >= 11 is 0. The fraction of sp³-hybridized carbons (Fsp3) is 0.389. The van der Waals surface area contributed by atoms with Gasteiger partial charge in [0.25, 0.3) is 0 Å². The van der Waals surface area contributed by atoms with Gasteiger partial charge in [0, 0.05) is 18.0 Å². The zero-order chi connectivity index (χ0) is 19.1. The Morgan fingerprint density at radius 2 is 1.81 bits per heavy atom. The predicted molar refractivity (Wildman–Crippen MR) is 96.2 cm³/mol. The quantitative estimate of drug-likeness (QED) is 0.370. The number of esters is 2. The summed E-state index contributed by atoms with van der Waals surface area (Å²) in [5.41, 5.74) is 8.27. The number of para-hydroxylation sites is 1. The number of H-pyrrole nitrogens is 1. The summed E-state index contributed by atoms with van der Waals surface area (Å²) in [4.78, 5) is 39.1. The van der Waals surface area contributed by atoms with E-state index in [1.54, 1.807) is 26.1 Å². The van der Waals surface area contributed by atoms with Crippen molar-refractivity contribution in [3.05, 3.63) is 30.0 Å². The number of carbonyl (C=O) groups is 3. The Balaban J connectivity index is 2.01. The highest BCUT2D eigenvalue weighted by molar-refractivity contribution is 6.02. The number of aromatic amines is 1. The molecule has 0 fully saturated rings. The van der Waals surface area contributed by atoms with Gasteiger partial charge in [-0.3, -0.25) is 4.79 Å². The van der Waals surface area contributed by atoms with Crippen LogP contribution in [0.15, 0.2) is 24.4 Å². The molecule has 8 nitrogen and oxygen atoms in total. The average molecular weight is 361 g/mol. The predicted octanol–water partition coefficient (Wildman–Crippen LogP) is 1.29. The SMILES string of the molecule is CCOC(=O)C(NC(=O)CCc1c[nH]c2c(N)cccc12)C(=O)OCC. The summed E-state index contributed by atoms with van der Waals surface area (Å²) in [6, 6.07) is 4.08. The molecular formula is C18H23N3O5. The number of amides is 1. The number of benzene rings is 1. The molecule has 0 radical (unpaired) electrons. The summed E-state index contributed by atoms with van der Waals surface area (Å²) in [5, 5.41) is 3.32. The van der Waals surface area contributed by atoms with Crippen molar-refractivity contribution in [3.63, 3.8) is 0 Å². The van der Waals surface area contributed by atoms with Crippen molar-refractivity contribution in [2.24, 2.45) is 0 Å². The van der Waals surface area contributed by atoms with Crippen LogP contribution in [-0.4, -0.2) is 42.1 Å². The topological polar surface area (TPSA) is 124 Å². The Hall–Kier alpha value is -3.03. The van der Waals surface area contributed by atoms with Crippen LogP contribution in [0.3, 0.4) is 0 Å². The van der Waals surface area contributed by atoms with Gasteiger partial charge in [0.1, 0.15) is 0 Å². The molecule has 1 aromatic carbocycles. The van der Waals surface area contributed by atoms with Gasteiger partial charge in [0.2, 0.25) is 11.9 Å². The van der Waals surface area contributed by atoms with Gasteiger partial charge < -0.3 is 25.5 Å². The summed E-state index contributed by atoms with van der Waals surface area (Å²) in [7, 11) is 0. The highest BCUT2D eigenvalue weighted by atomic mass is 16.6. The van der Waals surface area contributed by atoms with Gasteiger partial charge in [-0.25, -0.2) is 9.59 Å². The van der Waals surface area contributed by atoms with Crippen molar-refractivity contribution in [1.82, 2.24) is 10.3 Å². The van der Waals surface area contributed by atoms with Gasteiger partial charge in [0.05, 0.1) is 24.4 Å². The summed E-state index contributed by atoms with van der Waals surface area (Å²) in [5.74, 6) is -2.12. The maximum absolute atomic E-state index is 12.2. The molecular weight excluding hydrogens is 338 g/mol. The fourth-order valence-corrected chi connectivity index (χ4v) is 2.59. The molecule has 2 aromatic rings. The highest BCUT2D eigenvalue weighted by Gasteiger charge is 2.31. The largest absolute Gasteiger partial charge is 0.464 e. The number of nitrogens with two attached hydrogens (primary N) is 1. The number of anilines is 1. The van der Waals surface area contributed by atoms with E-state index in [0.717, 1.165) is 16.5 Å². The van der Waals surface area contributed by atoms with E-state index in [-0.39, 0.29) is 19.6 Å². The number of aromatic nitrogens is 1. The van der Waals surface area contributed by atoms with E-state index in [9.17, 15) is 14.4 Å². The molecule has 0 bridgehead atoms. The molecule has 0 saturated heterocycles. The second-order valence-corrected chi connectivity index (χ2v) is 5.59. The number of rotatable bonds is 8. The number of hydrogen-bond acceptors (Lipinski definition) is 6. The molecule has 4 N–H and O–H groups in total. The van der Waals surface area contributed by atoms with Crippen LogP contribution < -0.4 is 11.1 Å². The molecule has 8 heteroatoms. The van der Waals surface area contributed by atoms with E-state index in [1.807, 2.05) is 12.1 Å². The second kappa shape index (κ2) is 8.89. The van der Waals surface area contributed by atoms with Gasteiger partial charge in [-0.15, -0.1) is 0 Å². The maximum atomic E-state index is 12.2. The summed E-state index contributed by atoms with van der Waals surface area (Å²) < 4.78 is 9.64. The van der Waals surface area contributed by atoms with Crippen LogP contribution in [0.5, 0.6) is 0 Å². The van der Waals surface area contributed by atoms with Crippen LogP contribution >= 0.6 is 0 Å². The lowest BCUT2D eigenvalue weighted by molar-refractivity contribution is -0.159. The average Bonchev–Trinajstić information content (AvgIpc) is 3.02. The van der Waals surface area contributed by atoms with Crippen molar-refractivity contribution < 1.29 is 23.9 Å². The van der Waals surface area contributed by atoms with E-state index in [1.165, 1.54) is 0 Å². The molecule has 1 heterocycles. The van der Waals surface area contributed by atoms with Crippen LogP contribution in [0.4, 0.5) is 5.69 Å². The van der Waals surface area contributed by atoms with Crippen LogP contribution in [0.25, 0.3) is 10.9 Å². The molecule has 26 heavy (non-hydrogen) atoms. The molecule has 0 unspecified atom stereocenters. The Kier molecular flexibility index (Phi) is 6.60. The molecule has 0 saturated carbocycles. The molecule has 0 spiro atoms. The minimum Gasteiger partial charge on any atom is -0.464 e. The summed E-state index contributed by atoms with van der Waals surface area (Å²) in [6.45, 7) is 3.43. The number of ether oxygens (including phenoxy) is 2. The Labute approximate surface area is 151 Å². The van der Waals surface area contributed by atoms with Gasteiger partial charge in [-0.05, 0) is 31.9 Å². The molecule has 140 valence electrons. The van der Waals surface area contributed by atoms with Crippen LogP contribution in [0.1, 0.15) is 25.8 Å². The van der Waals surface area contributed by atoms with Crippen LogP contribution in [0, 0.1) is 0 Å². The number of carbonyl (C=O) groups excluding carboxylic acids is 3. The van der Waals surface area contributed by atoms with E-state index in [0.29, 0.717) is 12.1 Å². The lowest BCUT2D eigenvalue weighted by Crippen LogP contribution is -2.48. The smallest absolute Gasteiger partial charge is 0.340 e. The van der Waals surface area contributed by atoms with Crippen LogP contribution in [0.2, 0.25) is 0 Å². The van der Waals surface area contributed by atoms with Crippen molar-refractivity contribution in [3.8, 4) is 0 Å². The van der Waals surface area contributed by atoms with E-state index < -0.39 is 23.9 Å². The van der Waals surface area contributed by atoms with Crippen molar-refractivity contribution >= 4 is 34.4 Å². The Morgan fingerprint density at radius 1 is 1.15 bits per heavy atom. The first-order valence-electron chi connectivity index (χ1n) is 8.45. The maximum Gasteiger partial charge on any atom is 0.340 e. The number of nitrogen functional groups attached to an aromatic ring is 1. The molecule has 0 aliphatic heterocycles. The standard InChI is InChI=1S/C18H23N3O5/c1-3-25-17(23)16(18(24)26-4-2)21-14(22)9-8-11-10-20-15-12(11)6-5-7-13(15)19/h5-7,10,16,20H,3-4,8-9,19H2,1-2H3,(H,21,22). The van der Waals surface area contributed by atoms with Crippen molar-refractivity contribution in [2.75, 3.05) is 18.9 Å². The van der Waals surface area contributed by atoms with E-state index >= 15 is 0 Å². The number of nitrogens with one attached hydrogen (secondary N) is 2. The molecule has 1 aromatic heterocycles. The lowest BCUT2D eigenvalue weighted by Gasteiger charge is -2.15. The third kappa shape index (κ3) is 4.53. The van der Waals surface area contributed by atoms with Gasteiger partial charge in [0.15, 0.2) is 0 Å².